The third-order valence-corrected chi connectivity index (χ3v) is 3.82. The van der Waals surface area contributed by atoms with Gasteiger partial charge in [-0.2, -0.15) is 0 Å². The minimum atomic E-state index is 0.372. The van der Waals surface area contributed by atoms with Crippen LogP contribution in [-0.4, -0.2) is 26.4 Å². The van der Waals surface area contributed by atoms with Crippen molar-refractivity contribution in [2.75, 3.05) is 26.4 Å². The maximum absolute atomic E-state index is 5.61. The van der Waals surface area contributed by atoms with E-state index in [1.54, 1.807) is 0 Å². The molecule has 112 valence electrons. The van der Waals surface area contributed by atoms with Gasteiger partial charge in [-0.3, -0.25) is 0 Å². The molecule has 1 heterocycles. The Bertz CT molecular complexity index is 371. The first-order valence-corrected chi connectivity index (χ1v) is 7.83. The summed E-state index contributed by atoms with van der Waals surface area (Å²) in [5.74, 6) is 1.63. The standard InChI is InChI=1S/C17H27NO2/c1-3-10-20-17-8-6-16(7-9-17)14(2)18-12-15-5-4-11-19-13-15/h6-9,14-15,18H,3-5,10-13H2,1-2H3. The molecule has 0 saturated carbocycles. The van der Waals surface area contributed by atoms with Crippen LogP contribution in [0.1, 0.15) is 44.7 Å². The zero-order valence-electron chi connectivity index (χ0n) is 12.7. The molecule has 3 heteroatoms. The lowest BCUT2D eigenvalue weighted by atomic mass is 10.0. The van der Waals surface area contributed by atoms with Gasteiger partial charge in [0.15, 0.2) is 0 Å². The molecule has 1 fully saturated rings. The van der Waals surface area contributed by atoms with Crippen molar-refractivity contribution in [3.05, 3.63) is 29.8 Å². The van der Waals surface area contributed by atoms with Gasteiger partial charge in [-0.25, -0.2) is 0 Å². The second-order valence-corrected chi connectivity index (χ2v) is 5.63. The van der Waals surface area contributed by atoms with Crippen molar-refractivity contribution in [1.29, 1.82) is 0 Å². The average molecular weight is 277 g/mol. The molecule has 1 aliphatic rings. The van der Waals surface area contributed by atoms with Gasteiger partial charge in [-0.05, 0) is 49.8 Å². The van der Waals surface area contributed by atoms with Gasteiger partial charge < -0.3 is 14.8 Å². The van der Waals surface area contributed by atoms with Crippen molar-refractivity contribution in [3.63, 3.8) is 0 Å². The van der Waals surface area contributed by atoms with E-state index in [9.17, 15) is 0 Å². The van der Waals surface area contributed by atoms with Crippen LogP contribution in [0.5, 0.6) is 5.75 Å². The Morgan fingerprint density at radius 2 is 2.15 bits per heavy atom. The van der Waals surface area contributed by atoms with Crippen molar-refractivity contribution < 1.29 is 9.47 Å². The Morgan fingerprint density at radius 1 is 1.35 bits per heavy atom. The van der Waals surface area contributed by atoms with E-state index in [-0.39, 0.29) is 0 Å². The predicted molar refractivity (Wildman–Crippen MR) is 82.2 cm³/mol. The number of nitrogens with one attached hydrogen (secondary N) is 1. The molecular formula is C17H27NO2. The van der Waals surface area contributed by atoms with Crippen LogP contribution in [0.2, 0.25) is 0 Å². The van der Waals surface area contributed by atoms with Gasteiger partial charge in [0.2, 0.25) is 0 Å². The summed E-state index contributed by atoms with van der Waals surface area (Å²) in [5, 5.41) is 3.61. The molecule has 1 aliphatic heterocycles. The van der Waals surface area contributed by atoms with Gasteiger partial charge in [0, 0.05) is 19.2 Å². The number of rotatable bonds is 7. The third kappa shape index (κ3) is 4.80. The summed E-state index contributed by atoms with van der Waals surface area (Å²) in [5.41, 5.74) is 1.31. The second-order valence-electron chi connectivity index (χ2n) is 5.63. The highest BCUT2D eigenvalue weighted by atomic mass is 16.5. The summed E-state index contributed by atoms with van der Waals surface area (Å²) in [4.78, 5) is 0. The molecule has 0 amide bonds. The molecule has 0 spiro atoms. The Labute approximate surface area is 122 Å². The fraction of sp³-hybridized carbons (Fsp3) is 0.647. The van der Waals surface area contributed by atoms with E-state index in [4.69, 9.17) is 9.47 Å². The lowest BCUT2D eigenvalue weighted by molar-refractivity contribution is 0.0540. The molecular weight excluding hydrogens is 250 g/mol. The molecule has 0 bridgehead atoms. The van der Waals surface area contributed by atoms with E-state index >= 15 is 0 Å². The van der Waals surface area contributed by atoms with Gasteiger partial charge in [0.05, 0.1) is 13.2 Å². The van der Waals surface area contributed by atoms with Crippen LogP contribution < -0.4 is 10.1 Å². The highest BCUT2D eigenvalue weighted by molar-refractivity contribution is 5.28. The number of benzene rings is 1. The van der Waals surface area contributed by atoms with Crippen LogP contribution >= 0.6 is 0 Å². The maximum Gasteiger partial charge on any atom is 0.119 e. The van der Waals surface area contributed by atoms with Gasteiger partial charge in [0.25, 0.3) is 0 Å². The van der Waals surface area contributed by atoms with E-state index < -0.39 is 0 Å². The van der Waals surface area contributed by atoms with Gasteiger partial charge in [-0.15, -0.1) is 0 Å². The van der Waals surface area contributed by atoms with Crippen LogP contribution in [0.25, 0.3) is 0 Å². The van der Waals surface area contributed by atoms with Crippen molar-refractivity contribution in [2.24, 2.45) is 5.92 Å². The number of hydrogen-bond acceptors (Lipinski definition) is 3. The van der Waals surface area contributed by atoms with Crippen LogP contribution in [0.3, 0.4) is 0 Å². The zero-order valence-corrected chi connectivity index (χ0v) is 12.7. The Morgan fingerprint density at radius 3 is 2.80 bits per heavy atom. The number of hydrogen-bond donors (Lipinski definition) is 1. The van der Waals surface area contributed by atoms with Crippen LogP contribution in [-0.2, 0) is 4.74 Å². The van der Waals surface area contributed by atoms with Crippen LogP contribution in [0, 0.1) is 5.92 Å². The first kappa shape index (κ1) is 15.3. The summed E-state index contributed by atoms with van der Waals surface area (Å²) in [6.07, 6.45) is 3.52. The molecule has 0 aliphatic carbocycles. The molecule has 1 saturated heterocycles. The molecule has 2 unspecified atom stereocenters. The third-order valence-electron chi connectivity index (χ3n) is 3.82. The van der Waals surface area contributed by atoms with E-state index in [1.165, 1.54) is 18.4 Å². The van der Waals surface area contributed by atoms with Gasteiger partial charge >= 0.3 is 0 Å². The zero-order chi connectivity index (χ0) is 14.2. The van der Waals surface area contributed by atoms with E-state index in [0.29, 0.717) is 12.0 Å². The molecule has 1 N–H and O–H groups in total. The van der Waals surface area contributed by atoms with Crippen molar-refractivity contribution >= 4 is 0 Å². The molecule has 20 heavy (non-hydrogen) atoms. The summed E-state index contributed by atoms with van der Waals surface area (Å²) in [6.45, 7) is 8.00. The SMILES string of the molecule is CCCOc1ccc(C(C)NCC2CCCOC2)cc1. The van der Waals surface area contributed by atoms with Gasteiger partial charge in [-0.1, -0.05) is 19.1 Å². The van der Waals surface area contributed by atoms with E-state index in [1.807, 2.05) is 0 Å². The van der Waals surface area contributed by atoms with Crippen molar-refractivity contribution in [2.45, 2.75) is 39.2 Å². The quantitative estimate of drug-likeness (QED) is 0.826. The predicted octanol–water partition coefficient (Wildman–Crippen LogP) is 3.55. The highest BCUT2D eigenvalue weighted by Crippen LogP contribution is 2.19. The minimum absolute atomic E-state index is 0.372. The topological polar surface area (TPSA) is 30.5 Å². The first-order chi connectivity index (χ1) is 9.79. The first-order valence-electron chi connectivity index (χ1n) is 7.83. The van der Waals surface area contributed by atoms with E-state index in [0.717, 1.165) is 38.5 Å². The highest BCUT2D eigenvalue weighted by Gasteiger charge is 2.15. The lowest BCUT2D eigenvalue weighted by Crippen LogP contribution is -2.30. The number of ether oxygens (including phenoxy) is 2. The second kappa shape index (κ2) is 8.28. The molecule has 2 atom stereocenters. The summed E-state index contributed by atoms with van der Waals surface area (Å²) in [7, 11) is 0. The Kier molecular flexibility index (Phi) is 6.34. The van der Waals surface area contributed by atoms with E-state index in [2.05, 4.69) is 43.4 Å². The maximum atomic E-state index is 5.61. The Balaban J connectivity index is 1.77. The monoisotopic (exact) mass is 277 g/mol. The molecule has 1 aromatic rings. The van der Waals surface area contributed by atoms with Crippen molar-refractivity contribution in [1.82, 2.24) is 5.32 Å². The van der Waals surface area contributed by atoms with Crippen LogP contribution in [0.15, 0.2) is 24.3 Å². The summed E-state index contributed by atoms with van der Waals surface area (Å²) >= 11 is 0. The lowest BCUT2D eigenvalue weighted by Gasteiger charge is -2.24. The molecule has 0 aromatic heterocycles. The smallest absolute Gasteiger partial charge is 0.119 e. The molecule has 3 nitrogen and oxygen atoms in total. The molecule has 1 aromatic carbocycles. The molecule has 0 radical (unpaired) electrons. The average Bonchev–Trinajstić information content (AvgIpc) is 2.52. The fourth-order valence-electron chi connectivity index (χ4n) is 2.50. The van der Waals surface area contributed by atoms with Crippen LogP contribution in [0.4, 0.5) is 0 Å². The normalized spacial score (nSPS) is 20.6. The van der Waals surface area contributed by atoms with Gasteiger partial charge in [0.1, 0.15) is 5.75 Å². The summed E-state index contributed by atoms with van der Waals surface area (Å²) < 4.78 is 11.1. The molecule has 2 rings (SSSR count). The Hall–Kier alpha value is -1.06. The fourth-order valence-corrected chi connectivity index (χ4v) is 2.50. The summed E-state index contributed by atoms with van der Waals surface area (Å²) in [6, 6.07) is 8.80. The largest absolute Gasteiger partial charge is 0.494 e. The van der Waals surface area contributed by atoms with Crippen molar-refractivity contribution in [3.8, 4) is 5.75 Å². The minimum Gasteiger partial charge on any atom is -0.494 e.